The van der Waals surface area contributed by atoms with E-state index >= 15 is 0 Å². The van der Waals surface area contributed by atoms with Gasteiger partial charge in [0, 0.05) is 44.0 Å². The third kappa shape index (κ3) is 7.32. The smallest absolute Gasteiger partial charge is 0.159 e. The Morgan fingerprint density at radius 1 is 0.301 bits per heavy atom. The summed E-state index contributed by atoms with van der Waals surface area (Å²) in [6.07, 6.45) is 0. The van der Waals surface area contributed by atoms with E-state index in [9.17, 15) is 0 Å². The van der Waals surface area contributed by atoms with Crippen LogP contribution >= 0.6 is 0 Å². The predicted molar refractivity (Wildman–Crippen MR) is 348 cm³/mol. The predicted octanol–water partition coefficient (Wildman–Crippen LogP) is 22.5. The second kappa shape index (κ2) is 19.0. The van der Waals surface area contributed by atoms with Gasteiger partial charge in [0.25, 0.3) is 0 Å². The molecule has 0 amide bonds. The number of hydrogen-bond donors (Lipinski definition) is 0. The van der Waals surface area contributed by atoms with Crippen LogP contribution in [0.2, 0.25) is 0 Å². The molecule has 1 aliphatic rings. The Kier molecular flexibility index (Phi) is 11.1. The van der Waals surface area contributed by atoms with E-state index in [0.29, 0.717) is 11.8 Å². The second-order valence-corrected chi connectivity index (χ2v) is 23.0. The highest BCUT2D eigenvalue weighted by Crippen LogP contribution is 2.64. The first kappa shape index (κ1) is 48.7. The summed E-state index contributed by atoms with van der Waals surface area (Å²) in [5.74, 6) is 0.765. The molecule has 0 unspecified atom stereocenters. The van der Waals surface area contributed by atoms with E-state index in [0.717, 1.165) is 83.4 Å². The number of benzene rings is 13. The summed E-state index contributed by atoms with van der Waals surface area (Å²) in [4.78, 5) is 4.87. The zero-order valence-electron chi connectivity index (χ0n) is 46.8. The van der Waals surface area contributed by atoms with Gasteiger partial charge in [0.15, 0.2) is 11.2 Å². The molecule has 2 aromatic heterocycles. The van der Waals surface area contributed by atoms with Gasteiger partial charge >= 0.3 is 0 Å². The van der Waals surface area contributed by atoms with Gasteiger partial charge in [-0.2, -0.15) is 0 Å². The van der Waals surface area contributed by atoms with Crippen LogP contribution in [0.1, 0.15) is 72.9 Å². The summed E-state index contributed by atoms with van der Waals surface area (Å²) < 4.78 is 13.8. The third-order valence-electron chi connectivity index (χ3n) is 17.9. The van der Waals surface area contributed by atoms with Crippen molar-refractivity contribution in [1.82, 2.24) is 0 Å². The van der Waals surface area contributed by atoms with Crippen LogP contribution in [-0.2, 0) is 5.41 Å². The molecule has 2 heterocycles. The van der Waals surface area contributed by atoms with Crippen molar-refractivity contribution in [3.05, 3.63) is 300 Å². The number of nitrogens with zero attached hydrogens (tertiary/aromatic N) is 2. The van der Waals surface area contributed by atoms with Crippen molar-refractivity contribution >= 4 is 110 Å². The van der Waals surface area contributed by atoms with Crippen LogP contribution in [0.15, 0.2) is 276 Å². The van der Waals surface area contributed by atoms with Crippen LogP contribution in [-0.4, -0.2) is 0 Å². The van der Waals surface area contributed by atoms with Gasteiger partial charge in [0.1, 0.15) is 11.2 Å². The molecule has 0 atom stereocenters. The fourth-order valence-corrected chi connectivity index (χ4v) is 14.0. The van der Waals surface area contributed by atoms with Crippen molar-refractivity contribution in [3.63, 3.8) is 0 Å². The lowest BCUT2D eigenvalue weighted by Gasteiger charge is -2.36. The van der Waals surface area contributed by atoms with Gasteiger partial charge in [-0.3, -0.25) is 0 Å². The van der Waals surface area contributed by atoms with Crippen molar-refractivity contribution in [1.29, 1.82) is 0 Å². The minimum atomic E-state index is -0.805. The Hall–Kier alpha value is -10.2. The molecule has 0 radical (unpaired) electrons. The summed E-state index contributed by atoms with van der Waals surface area (Å²) in [5.41, 5.74) is 18.8. The first-order valence-electron chi connectivity index (χ1n) is 29.1. The van der Waals surface area contributed by atoms with E-state index in [2.05, 4.69) is 304 Å². The summed E-state index contributed by atoms with van der Waals surface area (Å²) in [6.45, 7) is 9.04. The van der Waals surface area contributed by atoms with Gasteiger partial charge in [-0.05, 0) is 150 Å². The normalized spacial score (nSPS) is 12.9. The van der Waals surface area contributed by atoms with Gasteiger partial charge in [0.2, 0.25) is 0 Å². The van der Waals surface area contributed by atoms with E-state index in [4.69, 9.17) is 8.83 Å². The molecule has 0 aliphatic heterocycles. The molecule has 0 saturated heterocycles. The Balaban J connectivity index is 1.03. The van der Waals surface area contributed by atoms with E-state index in [1.54, 1.807) is 0 Å². The number of anilines is 6. The summed E-state index contributed by atoms with van der Waals surface area (Å²) in [6, 6.07) is 98.8. The molecule has 0 saturated carbocycles. The number of rotatable bonds is 10. The molecule has 1 aliphatic carbocycles. The average Bonchev–Trinajstić information content (AvgIpc) is 1.67. The first-order valence-corrected chi connectivity index (χ1v) is 29.1. The number of furan rings is 2. The molecule has 0 bridgehead atoms. The summed E-state index contributed by atoms with van der Waals surface area (Å²) >= 11 is 0. The minimum absolute atomic E-state index is 0.374. The van der Waals surface area contributed by atoms with Crippen LogP contribution < -0.4 is 9.80 Å². The molecule has 0 spiro atoms. The van der Waals surface area contributed by atoms with Crippen LogP contribution in [0, 0.1) is 0 Å². The third-order valence-corrected chi connectivity index (χ3v) is 17.9. The highest BCUT2D eigenvalue weighted by atomic mass is 16.3. The Bertz CT molecular complexity index is 4990. The minimum Gasteiger partial charge on any atom is -0.454 e. The molecule has 4 nitrogen and oxygen atoms in total. The van der Waals surface area contributed by atoms with Crippen LogP contribution in [0.3, 0.4) is 0 Å². The standard InChI is InChI=1S/C79H58N2O2/c1-49(2)51-37-41-55(42-38-51)80(69-33-19-31-65-60-27-15-17-35-72(60)82-77(65)69)57-45-46-64-67(47-57)58-25-11-13-29-62(58)75-74-63-30-14-12-26-59(63)71(48-68(74)79(76(64)75,53-21-7-5-8-22-53)54-23-9-6-10-24-54)81(56-43-39-52(40-44-56)50(3)4)70-34-20-32-66-61-28-16-18-36-73(61)83-78(66)70/h5-50H,1-4H3. The Labute approximate surface area is 482 Å². The van der Waals surface area contributed by atoms with Crippen LogP contribution in [0.4, 0.5) is 34.1 Å². The maximum absolute atomic E-state index is 6.98. The monoisotopic (exact) mass is 1070 g/mol. The maximum Gasteiger partial charge on any atom is 0.159 e. The lowest BCUT2D eigenvalue weighted by molar-refractivity contribution is 0.668. The quantitative estimate of drug-likeness (QED) is 0.128. The molecule has 15 aromatic rings. The van der Waals surface area contributed by atoms with E-state index in [1.807, 2.05) is 0 Å². The largest absolute Gasteiger partial charge is 0.454 e. The van der Waals surface area contributed by atoms with Crippen molar-refractivity contribution in [2.75, 3.05) is 9.80 Å². The second-order valence-electron chi connectivity index (χ2n) is 23.0. The van der Waals surface area contributed by atoms with Crippen molar-refractivity contribution < 1.29 is 8.83 Å². The molecule has 0 fully saturated rings. The zero-order valence-corrected chi connectivity index (χ0v) is 46.8. The Morgan fingerprint density at radius 2 is 0.735 bits per heavy atom. The summed E-state index contributed by atoms with van der Waals surface area (Å²) in [5, 5.41) is 11.5. The number of hydrogen-bond acceptors (Lipinski definition) is 4. The highest BCUT2D eigenvalue weighted by molar-refractivity contribution is 6.24. The number of para-hydroxylation sites is 4. The Morgan fingerprint density at radius 3 is 1.28 bits per heavy atom. The van der Waals surface area contributed by atoms with Gasteiger partial charge in [-0.25, -0.2) is 0 Å². The van der Waals surface area contributed by atoms with Crippen molar-refractivity contribution in [2.24, 2.45) is 0 Å². The van der Waals surface area contributed by atoms with Gasteiger partial charge in [-0.1, -0.05) is 228 Å². The maximum atomic E-state index is 6.98. The van der Waals surface area contributed by atoms with Gasteiger partial charge < -0.3 is 18.6 Å². The molecular formula is C79H58N2O2. The molecule has 16 rings (SSSR count). The molecule has 396 valence electrons. The zero-order chi connectivity index (χ0) is 55.5. The fourth-order valence-electron chi connectivity index (χ4n) is 14.0. The van der Waals surface area contributed by atoms with Gasteiger partial charge in [-0.15, -0.1) is 0 Å². The number of fused-ring (bicyclic) bond motifs is 16. The lowest BCUT2D eigenvalue weighted by Crippen LogP contribution is -2.29. The molecule has 13 aromatic carbocycles. The van der Waals surface area contributed by atoms with Crippen molar-refractivity contribution in [3.8, 4) is 11.1 Å². The molecule has 4 heteroatoms. The van der Waals surface area contributed by atoms with E-state index < -0.39 is 5.41 Å². The van der Waals surface area contributed by atoms with Gasteiger partial charge in [0.05, 0.1) is 22.5 Å². The highest BCUT2D eigenvalue weighted by Gasteiger charge is 2.49. The van der Waals surface area contributed by atoms with Crippen LogP contribution in [0.25, 0.3) is 87.3 Å². The fraction of sp³-hybridized carbons (Fsp3) is 0.0886. The van der Waals surface area contributed by atoms with E-state index in [-0.39, 0.29) is 0 Å². The summed E-state index contributed by atoms with van der Waals surface area (Å²) in [7, 11) is 0. The molecule has 0 N–H and O–H groups in total. The molecule has 83 heavy (non-hydrogen) atoms. The average molecular weight is 1070 g/mol. The van der Waals surface area contributed by atoms with E-state index in [1.165, 1.54) is 71.4 Å². The van der Waals surface area contributed by atoms with Crippen LogP contribution in [0.5, 0.6) is 0 Å². The topological polar surface area (TPSA) is 32.8 Å². The molecular weight excluding hydrogens is 1010 g/mol. The van der Waals surface area contributed by atoms with Crippen molar-refractivity contribution in [2.45, 2.75) is 44.9 Å². The lowest BCUT2D eigenvalue weighted by atomic mass is 9.66. The SMILES string of the molecule is CC(C)c1ccc(N(c2ccc3c4c(c5ccccc5c3c2)-c2c(cc(N(c3ccc(C(C)C)cc3)c3cccc5c3oc3ccccc35)c3ccccc23)C4(c2ccccc2)c2ccccc2)c2cccc3c2oc2ccccc23)cc1. The first-order chi connectivity index (χ1) is 40.8.